The summed E-state index contributed by atoms with van der Waals surface area (Å²) >= 11 is 0. The van der Waals surface area contributed by atoms with Crippen LogP contribution in [0.2, 0.25) is 0 Å². The number of aromatic carboxylic acids is 1. The third-order valence-corrected chi connectivity index (χ3v) is 2.32. The zero-order valence-corrected chi connectivity index (χ0v) is 10.9. The van der Waals surface area contributed by atoms with Crippen LogP contribution < -0.4 is 5.73 Å². The largest absolute Gasteiger partial charge is 0.504 e. The Morgan fingerprint density at radius 2 is 1.45 bits per heavy atom. The Hall–Kier alpha value is -2.48. The summed E-state index contributed by atoms with van der Waals surface area (Å²) in [6, 6.07) is 0.976. The van der Waals surface area contributed by atoms with Gasteiger partial charge in [0.05, 0.1) is 5.56 Å². The molecule has 0 fully saturated rings. The summed E-state index contributed by atoms with van der Waals surface area (Å²) in [5, 5.41) is 43.2. The van der Waals surface area contributed by atoms with Crippen molar-refractivity contribution in [3.8, 4) is 17.2 Å². The Labute approximate surface area is 114 Å². The lowest BCUT2D eigenvalue weighted by atomic mass is 10.1. The molecule has 0 aliphatic carbocycles. The van der Waals surface area contributed by atoms with Gasteiger partial charge < -0.3 is 31.3 Å². The van der Waals surface area contributed by atoms with Crippen LogP contribution in [0.3, 0.4) is 0 Å². The summed E-state index contributed by atoms with van der Waals surface area (Å²) in [6.45, 7) is 3.55. The molecular weight excluding hydrogens is 270 g/mol. The summed E-state index contributed by atoms with van der Waals surface area (Å²) in [6.07, 6.45) is 0. The minimum atomic E-state index is -1.29. The molecule has 20 heavy (non-hydrogen) atoms. The number of aromatic hydroxyl groups is 3. The number of hydrogen-bond donors (Lipinski definition) is 6. The Morgan fingerprint density at radius 1 is 1.05 bits per heavy atom. The number of rotatable bonds is 3. The van der Waals surface area contributed by atoms with E-state index in [4.69, 9.17) is 31.3 Å². The molecule has 0 aromatic heterocycles. The van der Waals surface area contributed by atoms with Gasteiger partial charge in [-0.1, -0.05) is 13.8 Å². The normalized spacial score (nSPS) is 11.4. The zero-order chi connectivity index (χ0) is 16.0. The van der Waals surface area contributed by atoms with E-state index in [1.807, 2.05) is 0 Å². The monoisotopic (exact) mass is 287 g/mol. The first-order chi connectivity index (χ1) is 9.07. The molecule has 0 saturated heterocycles. The Balaban J connectivity index is 0.000000396. The Bertz CT molecular complexity index is 476. The highest BCUT2D eigenvalue weighted by Crippen LogP contribution is 2.35. The molecule has 0 aliphatic rings. The van der Waals surface area contributed by atoms with Gasteiger partial charge in [0.15, 0.2) is 17.2 Å². The van der Waals surface area contributed by atoms with Gasteiger partial charge in [-0.05, 0) is 18.1 Å². The number of carboxylic acids is 2. The van der Waals surface area contributed by atoms with E-state index in [0.717, 1.165) is 12.1 Å². The predicted octanol–water partition coefficient (Wildman–Crippen LogP) is 0.556. The molecule has 1 aromatic rings. The molecule has 112 valence electrons. The lowest BCUT2D eigenvalue weighted by Gasteiger charge is -2.07. The lowest BCUT2D eigenvalue weighted by molar-refractivity contribution is -0.139. The first kappa shape index (κ1) is 17.5. The van der Waals surface area contributed by atoms with Gasteiger partial charge in [-0.2, -0.15) is 0 Å². The molecule has 0 heterocycles. The van der Waals surface area contributed by atoms with Crippen LogP contribution in [-0.2, 0) is 4.79 Å². The topological polar surface area (TPSA) is 161 Å². The summed E-state index contributed by atoms with van der Waals surface area (Å²) in [7, 11) is 0. The molecule has 1 atom stereocenters. The SMILES string of the molecule is CC(C)[C@H](N)C(=O)O.O=C(O)c1cc(O)c(O)c(O)c1. The second-order valence-electron chi connectivity index (χ2n) is 4.28. The van der Waals surface area contributed by atoms with Crippen molar-refractivity contribution in [2.45, 2.75) is 19.9 Å². The number of phenolic OH excluding ortho intramolecular Hbond substituents is 3. The average Bonchev–Trinajstić information content (AvgIpc) is 2.34. The second kappa shape index (κ2) is 7.19. The molecular formula is C12H17NO7. The van der Waals surface area contributed by atoms with Crippen LogP contribution >= 0.6 is 0 Å². The van der Waals surface area contributed by atoms with E-state index in [0.29, 0.717) is 0 Å². The number of hydrogen-bond acceptors (Lipinski definition) is 6. The highest BCUT2D eigenvalue weighted by atomic mass is 16.4. The standard InChI is InChI=1S/C7H6O5.C5H11NO2/c8-4-1-3(7(11)12)2-5(9)6(4)10;1-3(2)4(6)5(7)8/h1-2,8-10H,(H,11,12);3-4H,6H2,1-2H3,(H,7,8)/t;4-/m.0/s1. The van der Waals surface area contributed by atoms with E-state index in [1.54, 1.807) is 13.8 Å². The van der Waals surface area contributed by atoms with E-state index < -0.39 is 35.2 Å². The van der Waals surface area contributed by atoms with Crippen LogP contribution in [0.15, 0.2) is 12.1 Å². The quantitative estimate of drug-likeness (QED) is 0.439. The smallest absolute Gasteiger partial charge is 0.335 e. The Kier molecular flexibility index (Phi) is 6.30. The van der Waals surface area contributed by atoms with Gasteiger partial charge >= 0.3 is 11.9 Å². The number of aliphatic carboxylic acids is 1. The molecule has 8 heteroatoms. The van der Waals surface area contributed by atoms with E-state index in [1.165, 1.54) is 0 Å². The number of nitrogens with two attached hydrogens (primary N) is 1. The maximum Gasteiger partial charge on any atom is 0.335 e. The van der Waals surface area contributed by atoms with Crippen molar-refractivity contribution in [1.82, 2.24) is 0 Å². The minimum Gasteiger partial charge on any atom is -0.504 e. The summed E-state index contributed by atoms with van der Waals surface area (Å²) in [5.74, 6) is -4.24. The van der Waals surface area contributed by atoms with Crippen molar-refractivity contribution in [3.05, 3.63) is 17.7 Å². The van der Waals surface area contributed by atoms with Crippen LogP contribution in [0, 0.1) is 5.92 Å². The summed E-state index contributed by atoms with van der Waals surface area (Å²) < 4.78 is 0. The van der Waals surface area contributed by atoms with Crippen LogP contribution in [-0.4, -0.2) is 43.5 Å². The molecule has 8 nitrogen and oxygen atoms in total. The van der Waals surface area contributed by atoms with Crippen molar-refractivity contribution < 1.29 is 35.1 Å². The molecule has 1 aromatic carbocycles. The summed E-state index contributed by atoms with van der Waals surface area (Å²) in [4.78, 5) is 20.3. The van der Waals surface area contributed by atoms with Crippen molar-refractivity contribution >= 4 is 11.9 Å². The average molecular weight is 287 g/mol. The number of carboxylic acid groups (broad SMARTS) is 2. The fraction of sp³-hybridized carbons (Fsp3) is 0.333. The molecule has 0 bridgehead atoms. The molecule has 0 saturated carbocycles. The van der Waals surface area contributed by atoms with E-state index in [9.17, 15) is 9.59 Å². The van der Waals surface area contributed by atoms with E-state index >= 15 is 0 Å². The maximum atomic E-state index is 10.3. The number of phenols is 3. The van der Waals surface area contributed by atoms with Crippen LogP contribution in [0.5, 0.6) is 17.2 Å². The third kappa shape index (κ3) is 5.02. The first-order valence-electron chi connectivity index (χ1n) is 5.54. The molecule has 0 radical (unpaired) electrons. The molecule has 0 spiro atoms. The first-order valence-corrected chi connectivity index (χ1v) is 5.54. The van der Waals surface area contributed by atoms with E-state index in [2.05, 4.69) is 0 Å². The van der Waals surface area contributed by atoms with E-state index in [-0.39, 0.29) is 11.5 Å². The fourth-order valence-corrected chi connectivity index (χ4v) is 1.01. The van der Waals surface area contributed by atoms with Crippen molar-refractivity contribution in [2.24, 2.45) is 11.7 Å². The van der Waals surface area contributed by atoms with Crippen molar-refractivity contribution in [2.75, 3.05) is 0 Å². The Morgan fingerprint density at radius 3 is 1.65 bits per heavy atom. The van der Waals surface area contributed by atoms with Crippen molar-refractivity contribution in [1.29, 1.82) is 0 Å². The lowest BCUT2D eigenvalue weighted by Crippen LogP contribution is -2.34. The van der Waals surface area contributed by atoms with Gasteiger partial charge in [0.1, 0.15) is 6.04 Å². The van der Waals surface area contributed by atoms with Gasteiger partial charge in [-0.25, -0.2) is 4.79 Å². The predicted molar refractivity (Wildman–Crippen MR) is 68.8 cm³/mol. The van der Waals surface area contributed by atoms with Gasteiger partial charge in [0.25, 0.3) is 0 Å². The highest BCUT2D eigenvalue weighted by molar-refractivity contribution is 5.89. The van der Waals surface area contributed by atoms with Gasteiger partial charge in [0, 0.05) is 0 Å². The fourth-order valence-electron chi connectivity index (χ4n) is 1.01. The molecule has 0 aliphatic heterocycles. The van der Waals surface area contributed by atoms with Crippen LogP contribution in [0.1, 0.15) is 24.2 Å². The van der Waals surface area contributed by atoms with Crippen molar-refractivity contribution in [3.63, 3.8) is 0 Å². The molecule has 0 amide bonds. The summed E-state index contributed by atoms with van der Waals surface area (Å²) in [5.41, 5.74) is 4.87. The van der Waals surface area contributed by atoms with Gasteiger partial charge in [-0.15, -0.1) is 0 Å². The third-order valence-electron chi connectivity index (χ3n) is 2.32. The number of carbonyl (C=O) groups is 2. The van der Waals surface area contributed by atoms with Crippen LogP contribution in [0.4, 0.5) is 0 Å². The van der Waals surface area contributed by atoms with Crippen LogP contribution in [0.25, 0.3) is 0 Å². The van der Waals surface area contributed by atoms with Gasteiger partial charge in [0.2, 0.25) is 0 Å². The molecule has 0 unspecified atom stereocenters. The molecule has 1 rings (SSSR count). The second-order valence-corrected chi connectivity index (χ2v) is 4.28. The highest BCUT2D eigenvalue weighted by Gasteiger charge is 2.14. The van der Waals surface area contributed by atoms with Gasteiger partial charge in [-0.3, -0.25) is 4.79 Å². The number of benzene rings is 1. The maximum absolute atomic E-state index is 10.3. The minimum absolute atomic E-state index is 0.0208. The zero-order valence-electron chi connectivity index (χ0n) is 10.9. The molecule has 7 N–H and O–H groups in total.